The molecule has 3 aromatic rings. The number of benzene rings is 3. The number of hydrogen-bond donors (Lipinski definition) is 1. The van der Waals surface area contributed by atoms with Crippen LogP contribution in [0.25, 0.3) is 10.8 Å². The third kappa shape index (κ3) is 3.13. The molecule has 0 saturated heterocycles. The summed E-state index contributed by atoms with van der Waals surface area (Å²) in [6.07, 6.45) is 0. The van der Waals surface area contributed by atoms with Gasteiger partial charge in [-0.3, -0.25) is 4.79 Å². The first-order valence-corrected chi connectivity index (χ1v) is 7.62. The Morgan fingerprint density at radius 3 is 2.29 bits per heavy atom. The quantitative estimate of drug-likeness (QED) is 0.749. The van der Waals surface area contributed by atoms with Gasteiger partial charge in [-0.15, -0.1) is 0 Å². The van der Waals surface area contributed by atoms with Gasteiger partial charge in [-0.25, -0.2) is 4.79 Å². The maximum atomic E-state index is 12.5. The van der Waals surface area contributed by atoms with Crippen molar-refractivity contribution in [2.24, 2.45) is 0 Å². The number of rotatable bonds is 4. The van der Waals surface area contributed by atoms with Gasteiger partial charge in [0.15, 0.2) is 6.04 Å². The lowest BCUT2D eigenvalue weighted by Gasteiger charge is -2.19. The van der Waals surface area contributed by atoms with Crippen LogP contribution in [-0.2, 0) is 9.53 Å². The van der Waals surface area contributed by atoms with Crippen molar-refractivity contribution in [3.05, 3.63) is 83.9 Å². The van der Waals surface area contributed by atoms with Crippen molar-refractivity contribution in [2.45, 2.75) is 6.04 Å². The van der Waals surface area contributed by atoms with E-state index in [1.807, 2.05) is 48.5 Å². The minimum Gasteiger partial charge on any atom is -0.467 e. The summed E-state index contributed by atoms with van der Waals surface area (Å²) in [7, 11) is 1.31. The molecule has 1 N–H and O–H groups in total. The highest BCUT2D eigenvalue weighted by molar-refractivity contribution is 5.98. The molecule has 0 spiro atoms. The van der Waals surface area contributed by atoms with E-state index < -0.39 is 12.0 Å². The molecular formula is C20H17NO3. The van der Waals surface area contributed by atoms with Crippen LogP contribution in [0.2, 0.25) is 0 Å². The van der Waals surface area contributed by atoms with Crippen LogP contribution in [0.4, 0.5) is 0 Å². The largest absolute Gasteiger partial charge is 0.467 e. The van der Waals surface area contributed by atoms with E-state index in [0.717, 1.165) is 10.8 Å². The molecule has 0 aliphatic heterocycles. The second-order valence-corrected chi connectivity index (χ2v) is 5.36. The molecule has 3 aromatic carbocycles. The Balaban J connectivity index is 2.00. The maximum Gasteiger partial charge on any atom is 0.333 e. The first-order valence-electron chi connectivity index (χ1n) is 7.62. The fourth-order valence-electron chi connectivity index (χ4n) is 2.69. The van der Waals surface area contributed by atoms with E-state index in [4.69, 9.17) is 4.74 Å². The summed E-state index contributed by atoms with van der Waals surface area (Å²) in [6.45, 7) is 0. The molecule has 24 heavy (non-hydrogen) atoms. The Labute approximate surface area is 140 Å². The highest BCUT2D eigenvalue weighted by Gasteiger charge is 2.25. The molecule has 0 heterocycles. The maximum absolute atomic E-state index is 12.5. The third-order valence-corrected chi connectivity index (χ3v) is 3.88. The molecule has 0 fully saturated rings. The van der Waals surface area contributed by atoms with Crippen LogP contribution in [0, 0.1) is 0 Å². The minimum absolute atomic E-state index is 0.320. The van der Waals surface area contributed by atoms with Crippen molar-refractivity contribution in [1.82, 2.24) is 5.32 Å². The molecular weight excluding hydrogens is 302 g/mol. The molecule has 0 aromatic heterocycles. The molecule has 120 valence electrons. The van der Waals surface area contributed by atoms with Crippen LogP contribution in [0.1, 0.15) is 22.0 Å². The second-order valence-electron chi connectivity index (χ2n) is 5.36. The lowest BCUT2D eigenvalue weighted by Crippen LogP contribution is -2.34. The number of carbonyl (C=O) groups excluding carboxylic acids is 2. The van der Waals surface area contributed by atoms with E-state index in [2.05, 4.69) is 5.32 Å². The van der Waals surface area contributed by atoms with Gasteiger partial charge < -0.3 is 10.1 Å². The van der Waals surface area contributed by atoms with Gasteiger partial charge in [-0.1, -0.05) is 60.7 Å². The Hall–Kier alpha value is -3.14. The first kappa shape index (κ1) is 15.7. The van der Waals surface area contributed by atoms with Gasteiger partial charge in [0.2, 0.25) is 0 Å². The van der Waals surface area contributed by atoms with Gasteiger partial charge in [0.05, 0.1) is 7.11 Å². The van der Waals surface area contributed by atoms with Crippen molar-refractivity contribution in [1.29, 1.82) is 0 Å². The zero-order valence-electron chi connectivity index (χ0n) is 13.2. The summed E-state index contributed by atoms with van der Waals surface area (Å²) in [5.41, 5.74) is 1.20. The van der Waals surface area contributed by atoms with Gasteiger partial charge >= 0.3 is 5.97 Å². The van der Waals surface area contributed by atoms with Crippen LogP contribution in [0.15, 0.2) is 72.8 Å². The van der Waals surface area contributed by atoms with Crippen LogP contribution < -0.4 is 5.32 Å². The predicted molar refractivity (Wildman–Crippen MR) is 92.6 cm³/mol. The number of nitrogens with one attached hydrogen (secondary N) is 1. The number of hydrogen-bond acceptors (Lipinski definition) is 3. The van der Waals surface area contributed by atoms with Crippen LogP contribution >= 0.6 is 0 Å². The summed E-state index contributed by atoms with van der Waals surface area (Å²) in [6, 6.07) is 21.3. The first-order chi connectivity index (χ1) is 11.7. The number of amides is 1. The molecule has 3 rings (SSSR count). The van der Waals surface area contributed by atoms with Crippen LogP contribution in [0.3, 0.4) is 0 Å². The summed E-state index contributed by atoms with van der Waals surface area (Å²) in [4.78, 5) is 24.8. The van der Waals surface area contributed by atoms with Crippen LogP contribution in [-0.4, -0.2) is 19.0 Å². The number of methoxy groups -OCH3 is 1. The predicted octanol–water partition coefficient (Wildman–Crippen LogP) is 3.48. The van der Waals surface area contributed by atoms with E-state index in [1.54, 1.807) is 24.3 Å². The van der Waals surface area contributed by atoms with E-state index in [9.17, 15) is 9.59 Å². The normalized spacial score (nSPS) is 11.7. The molecule has 0 radical (unpaired) electrons. The van der Waals surface area contributed by atoms with Gasteiger partial charge in [0.25, 0.3) is 5.91 Å². The minimum atomic E-state index is -0.867. The van der Waals surface area contributed by atoms with Crippen molar-refractivity contribution < 1.29 is 14.3 Å². The number of ether oxygens (including phenoxy) is 1. The Morgan fingerprint density at radius 2 is 1.54 bits per heavy atom. The molecule has 0 bridgehead atoms. The number of esters is 1. The smallest absolute Gasteiger partial charge is 0.333 e. The summed E-state index contributed by atoms with van der Waals surface area (Å²) >= 11 is 0. The molecule has 4 heteroatoms. The lowest BCUT2D eigenvalue weighted by atomic mass is 9.98. The molecule has 1 amide bonds. The Kier molecular flexibility index (Phi) is 4.57. The highest BCUT2D eigenvalue weighted by Crippen LogP contribution is 2.25. The number of carbonyl (C=O) groups is 2. The van der Waals surface area contributed by atoms with Crippen LogP contribution in [0.5, 0.6) is 0 Å². The second kappa shape index (κ2) is 6.96. The fourth-order valence-corrected chi connectivity index (χ4v) is 2.69. The monoisotopic (exact) mass is 319 g/mol. The van der Waals surface area contributed by atoms with Crippen molar-refractivity contribution in [3.63, 3.8) is 0 Å². The van der Waals surface area contributed by atoms with E-state index in [0.29, 0.717) is 11.1 Å². The van der Waals surface area contributed by atoms with Gasteiger partial charge in [-0.05, 0) is 28.5 Å². The standard InChI is InChI=1S/C20H17NO3/c1-24-20(23)18(21-19(22)15-9-3-2-4-10-15)17-13-7-11-14-8-5-6-12-16(14)17/h2-13,18H,1H3,(H,21,22). The summed E-state index contributed by atoms with van der Waals surface area (Å²) in [5.74, 6) is -0.824. The molecule has 1 atom stereocenters. The lowest BCUT2D eigenvalue weighted by molar-refractivity contribution is -0.143. The molecule has 0 aliphatic carbocycles. The Morgan fingerprint density at radius 1 is 0.875 bits per heavy atom. The third-order valence-electron chi connectivity index (χ3n) is 3.88. The molecule has 4 nitrogen and oxygen atoms in total. The van der Waals surface area contributed by atoms with E-state index in [1.165, 1.54) is 7.11 Å². The zero-order valence-corrected chi connectivity index (χ0v) is 13.2. The Bertz CT molecular complexity index is 869. The topological polar surface area (TPSA) is 55.4 Å². The van der Waals surface area contributed by atoms with E-state index in [-0.39, 0.29) is 5.91 Å². The molecule has 0 aliphatic rings. The van der Waals surface area contributed by atoms with E-state index >= 15 is 0 Å². The van der Waals surface area contributed by atoms with Gasteiger partial charge in [-0.2, -0.15) is 0 Å². The molecule has 0 saturated carbocycles. The number of fused-ring (bicyclic) bond motifs is 1. The average Bonchev–Trinajstić information content (AvgIpc) is 2.65. The fraction of sp³-hybridized carbons (Fsp3) is 0.100. The SMILES string of the molecule is COC(=O)C(NC(=O)c1ccccc1)c1cccc2ccccc12. The summed E-state index contributed by atoms with van der Waals surface area (Å²) < 4.78 is 4.90. The van der Waals surface area contributed by atoms with Crippen molar-refractivity contribution in [2.75, 3.05) is 7.11 Å². The van der Waals surface area contributed by atoms with Gasteiger partial charge in [0.1, 0.15) is 0 Å². The highest BCUT2D eigenvalue weighted by atomic mass is 16.5. The van der Waals surface area contributed by atoms with Gasteiger partial charge in [0, 0.05) is 5.56 Å². The average molecular weight is 319 g/mol. The molecule has 1 unspecified atom stereocenters. The zero-order chi connectivity index (χ0) is 16.9. The summed E-state index contributed by atoms with van der Waals surface area (Å²) in [5, 5.41) is 4.68. The van der Waals surface area contributed by atoms with Crippen molar-refractivity contribution >= 4 is 22.6 Å². The van der Waals surface area contributed by atoms with Crippen molar-refractivity contribution in [3.8, 4) is 0 Å².